The van der Waals surface area contributed by atoms with Gasteiger partial charge in [0.05, 0.1) is 5.92 Å². The first-order chi connectivity index (χ1) is 8.97. The molecule has 1 amide bonds. The van der Waals surface area contributed by atoms with Crippen LogP contribution in [0.3, 0.4) is 0 Å². The minimum atomic E-state index is -4.19. The van der Waals surface area contributed by atoms with Gasteiger partial charge in [-0.2, -0.15) is 24.5 Å². The predicted molar refractivity (Wildman–Crippen MR) is 68.0 cm³/mol. The standard InChI is InChI=1S/C13H16F3NOS/c14-13(15,16)11-2-1-6-17(8-11)12(18)4-3-10-5-7-19-9-10/h5,7,9,11H,1-4,6,8H2. The van der Waals surface area contributed by atoms with E-state index in [2.05, 4.69) is 0 Å². The molecule has 1 aliphatic heterocycles. The summed E-state index contributed by atoms with van der Waals surface area (Å²) in [6.07, 6.45) is -2.71. The maximum absolute atomic E-state index is 12.7. The second-order valence-corrected chi connectivity index (χ2v) is 5.63. The largest absolute Gasteiger partial charge is 0.393 e. The molecule has 0 aromatic carbocycles. The zero-order valence-corrected chi connectivity index (χ0v) is 11.3. The highest BCUT2D eigenvalue weighted by Gasteiger charge is 2.42. The van der Waals surface area contributed by atoms with Gasteiger partial charge in [0, 0.05) is 19.5 Å². The maximum Gasteiger partial charge on any atom is 0.393 e. The number of carbonyl (C=O) groups excluding carboxylic acids is 1. The summed E-state index contributed by atoms with van der Waals surface area (Å²) in [6.45, 7) is 0.279. The summed E-state index contributed by atoms with van der Waals surface area (Å²) in [5.41, 5.74) is 1.07. The fraction of sp³-hybridized carbons (Fsp3) is 0.615. The fourth-order valence-electron chi connectivity index (χ4n) is 2.32. The van der Waals surface area contributed by atoms with E-state index in [0.717, 1.165) is 5.56 Å². The lowest BCUT2D eigenvalue weighted by Gasteiger charge is -2.33. The molecule has 1 aromatic rings. The number of hydrogen-bond donors (Lipinski definition) is 0. The molecule has 2 rings (SSSR count). The van der Waals surface area contributed by atoms with Crippen LogP contribution in [-0.2, 0) is 11.2 Å². The summed E-state index contributed by atoms with van der Waals surface area (Å²) in [5.74, 6) is -1.52. The molecule has 1 fully saturated rings. The molecule has 19 heavy (non-hydrogen) atoms. The molecule has 1 atom stereocenters. The summed E-state index contributed by atoms with van der Waals surface area (Å²) in [4.78, 5) is 13.3. The molecule has 0 bridgehead atoms. The molecule has 1 aromatic heterocycles. The third-order valence-corrected chi connectivity index (χ3v) is 4.18. The Morgan fingerprint density at radius 2 is 2.26 bits per heavy atom. The fourth-order valence-corrected chi connectivity index (χ4v) is 3.02. The molecule has 0 radical (unpaired) electrons. The summed E-state index contributed by atoms with van der Waals surface area (Å²) in [7, 11) is 0. The van der Waals surface area contributed by atoms with Gasteiger partial charge in [-0.05, 0) is 41.7 Å². The Kier molecular flexibility index (Phi) is 4.50. The molecule has 6 heteroatoms. The van der Waals surface area contributed by atoms with Gasteiger partial charge in [-0.15, -0.1) is 0 Å². The Bertz CT molecular complexity index is 416. The first-order valence-corrected chi connectivity index (χ1v) is 7.26. The number of nitrogens with zero attached hydrogens (tertiary/aromatic N) is 1. The van der Waals surface area contributed by atoms with E-state index < -0.39 is 12.1 Å². The van der Waals surface area contributed by atoms with E-state index in [4.69, 9.17) is 0 Å². The molecule has 2 heterocycles. The number of amides is 1. The van der Waals surface area contributed by atoms with Crippen LogP contribution in [0, 0.1) is 5.92 Å². The molecular formula is C13H16F3NOS. The molecule has 0 aliphatic carbocycles. The number of thiophene rings is 1. The highest BCUT2D eigenvalue weighted by molar-refractivity contribution is 7.07. The Morgan fingerprint density at radius 3 is 2.89 bits per heavy atom. The number of carbonyl (C=O) groups is 1. The topological polar surface area (TPSA) is 20.3 Å². The van der Waals surface area contributed by atoms with Crippen molar-refractivity contribution in [1.82, 2.24) is 4.90 Å². The van der Waals surface area contributed by atoms with Gasteiger partial charge in [0.2, 0.25) is 5.91 Å². The Balaban J connectivity index is 1.85. The molecule has 106 valence electrons. The van der Waals surface area contributed by atoms with Crippen molar-refractivity contribution in [2.24, 2.45) is 5.92 Å². The van der Waals surface area contributed by atoms with Crippen molar-refractivity contribution in [3.8, 4) is 0 Å². The summed E-state index contributed by atoms with van der Waals surface area (Å²) in [5, 5.41) is 3.89. The van der Waals surface area contributed by atoms with Gasteiger partial charge >= 0.3 is 6.18 Å². The highest BCUT2D eigenvalue weighted by Crippen LogP contribution is 2.33. The van der Waals surface area contributed by atoms with Crippen molar-refractivity contribution in [2.45, 2.75) is 31.9 Å². The van der Waals surface area contributed by atoms with Crippen LogP contribution in [0.15, 0.2) is 16.8 Å². The number of hydrogen-bond acceptors (Lipinski definition) is 2. The van der Waals surface area contributed by atoms with Crippen LogP contribution in [0.5, 0.6) is 0 Å². The van der Waals surface area contributed by atoms with E-state index in [1.807, 2.05) is 16.8 Å². The van der Waals surface area contributed by atoms with Crippen LogP contribution in [0.4, 0.5) is 13.2 Å². The number of halogens is 3. The van der Waals surface area contributed by atoms with E-state index in [-0.39, 0.29) is 18.9 Å². The van der Waals surface area contributed by atoms with Crippen molar-refractivity contribution in [2.75, 3.05) is 13.1 Å². The number of rotatable bonds is 3. The average molecular weight is 291 g/mol. The molecule has 2 nitrogen and oxygen atoms in total. The first kappa shape index (κ1) is 14.4. The molecule has 0 saturated carbocycles. The van der Waals surface area contributed by atoms with Gasteiger partial charge in [-0.3, -0.25) is 4.79 Å². The normalized spacial score (nSPS) is 20.6. The van der Waals surface area contributed by atoms with Crippen LogP contribution in [-0.4, -0.2) is 30.1 Å². The molecule has 0 spiro atoms. The van der Waals surface area contributed by atoms with Gasteiger partial charge < -0.3 is 4.90 Å². The van der Waals surface area contributed by atoms with Gasteiger partial charge in [0.15, 0.2) is 0 Å². The monoisotopic (exact) mass is 291 g/mol. The molecule has 0 N–H and O–H groups in total. The SMILES string of the molecule is O=C(CCc1ccsc1)N1CCCC(C(F)(F)F)C1. The Morgan fingerprint density at radius 1 is 1.47 bits per heavy atom. The molecule has 1 aliphatic rings. The van der Waals surface area contributed by atoms with Crippen molar-refractivity contribution in [3.63, 3.8) is 0 Å². The number of alkyl halides is 3. The van der Waals surface area contributed by atoms with Crippen LogP contribution in [0.1, 0.15) is 24.8 Å². The van der Waals surface area contributed by atoms with Crippen LogP contribution in [0.2, 0.25) is 0 Å². The molecule has 1 unspecified atom stereocenters. The second-order valence-electron chi connectivity index (χ2n) is 4.85. The summed E-state index contributed by atoms with van der Waals surface area (Å²) < 4.78 is 38.0. The van der Waals surface area contributed by atoms with Crippen molar-refractivity contribution in [3.05, 3.63) is 22.4 Å². The lowest BCUT2D eigenvalue weighted by Crippen LogP contribution is -2.44. The quantitative estimate of drug-likeness (QED) is 0.835. The van der Waals surface area contributed by atoms with Gasteiger partial charge in [0.25, 0.3) is 0 Å². The summed E-state index contributed by atoms with van der Waals surface area (Å²) >= 11 is 1.56. The third kappa shape index (κ3) is 3.96. The Hall–Kier alpha value is -1.04. The highest BCUT2D eigenvalue weighted by atomic mass is 32.1. The van der Waals surface area contributed by atoms with Crippen molar-refractivity contribution < 1.29 is 18.0 Å². The van der Waals surface area contributed by atoms with Crippen LogP contribution in [0.25, 0.3) is 0 Å². The molecular weight excluding hydrogens is 275 g/mol. The number of aryl methyl sites for hydroxylation is 1. The first-order valence-electron chi connectivity index (χ1n) is 6.32. The minimum absolute atomic E-state index is 0.137. The lowest BCUT2D eigenvalue weighted by atomic mass is 9.97. The zero-order chi connectivity index (χ0) is 13.9. The molecule has 1 saturated heterocycles. The lowest BCUT2D eigenvalue weighted by molar-refractivity contribution is -0.188. The minimum Gasteiger partial charge on any atom is -0.342 e. The summed E-state index contributed by atoms with van der Waals surface area (Å²) in [6, 6.07) is 1.94. The average Bonchev–Trinajstić information content (AvgIpc) is 2.88. The number of piperidine rings is 1. The van der Waals surface area contributed by atoms with E-state index >= 15 is 0 Å². The van der Waals surface area contributed by atoms with Crippen molar-refractivity contribution in [1.29, 1.82) is 0 Å². The predicted octanol–water partition coefficient (Wildman–Crippen LogP) is 3.48. The number of likely N-dealkylation sites (tertiary alicyclic amines) is 1. The zero-order valence-electron chi connectivity index (χ0n) is 10.4. The van der Waals surface area contributed by atoms with Crippen molar-refractivity contribution >= 4 is 17.2 Å². The van der Waals surface area contributed by atoms with E-state index in [0.29, 0.717) is 25.8 Å². The van der Waals surface area contributed by atoms with E-state index in [1.165, 1.54) is 4.90 Å². The van der Waals surface area contributed by atoms with Crippen LogP contribution >= 0.6 is 11.3 Å². The maximum atomic E-state index is 12.7. The van der Waals surface area contributed by atoms with Gasteiger partial charge in [-0.1, -0.05) is 0 Å². The third-order valence-electron chi connectivity index (χ3n) is 3.44. The van der Waals surface area contributed by atoms with E-state index in [1.54, 1.807) is 11.3 Å². The van der Waals surface area contributed by atoms with Crippen LogP contribution < -0.4 is 0 Å². The Labute approximate surface area is 114 Å². The van der Waals surface area contributed by atoms with Gasteiger partial charge in [0.1, 0.15) is 0 Å². The second kappa shape index (κ2) is 5.94. The van der Waals surface area contributed by atoms with E-state index in [9.17, 15) is 18.0 Å². The smallest absolute Gasteiger partial charge is 0.342 e. The van der Waals surface area contributed by atoms with Gasteiger partial charge in [-0.25, -0.2) is 0 Å².